The lowest BCUT2D eigenvalue weighted by Crippen LogP contribution is -2.25. The molecule has 22 heavy (non-hydrogen) atoms. The first kappa shape index (κ1) is 15.4. The lowest BCUT2D eigenvalue weighted by molar-refractivity contribution is 0.0953. The number of carbonyl (C=O) groups excluding carboxylic acids is 1. The topological polar surface area (TPSA) is 51.2 Å². The molecule has 1 fully saturated rings. The highest BCUT2D eigenvalue weighted by molar-refractivity contribution is 7.99. The zero-order valence-electron chi connectivity index (χ0n) is 12.2. The zero-order valence-corrected chi connectivity index (χ0v) is 13.8. The first-order chi connectivity index (χ1) is 10.8. The predicted molar refractivity (Wildman–Crippen MR) is 91.0 cm³/mol. The first-order valence-electron chi connectivity index (χ1n) is 7.32. The van der Waals surface area contributed by atoms with Crippen molar-refractivity contribution in [2.45, 2.75) is 18.9 Å². The Hall–Kier alpha value is -1.53. The third-order valence-corrected chi connectivity index (χ3v) is 5.48. The molecule has 0 saturated carbocycles. The van der Waals surface area contributed by atoms with Crippen molar-refractivity contribution in [2.75, 3.05) is 18.1 Å². The van der Waals surface area contributed by atoms with Gasteiger partial charge in [-0.2, -0.15) is 11.8 Å². The molecule has 4 nitrogen and oxygen atoms in total. The molecule has 3 heterocycles. The Labute approximate surface area is 138 Å². The summed E-state index contributed by atoms with van der Waals surface area (Å²) >= 11 is 3.60. The number of ether oxygens (including phenoxy) is 1. The van der Waals surface area contributed by atoms with Gasteiger partial charge in [-0.05, 0) is 36.1 Å². The van der Waals surface area contributed by atoms with E-state index in [0.717, 1.165) is 24.3 Å². The molecule has 116 valence electrons. The second kappa shape index (κ2) is 7.65. The number of rotatable bonds is 6. The second-order valence-corrected chi connectivity index (χ2v) is 7.25. The SMILES string of the molecule is O=C(NCCc1cccs1)c1ccnc(O[C@H]2CCSC2)c1. The van der Waals surface area contributed by atoms with Gasteiger partial charge in [0.05, 0.1) is 0 Å². The van der Waals surface area contributed by atoms with Gasteiger partial charge in [0.2, 0.25) is 5.88 Å². The molecule has 1 aliphatic heterocycles. The molecule has 1 saturated heterocycles. The summed E-state index contributed by atoms with van der Waals surface area (Å²) in [7, 11) is 0. The third-order valence-electron chi connectivity index (χ3n) is 3.41. The van der Waals surface area contributed by atoms with E-state index in [1.54, 1.807) is 29.7 Å². The van der Waals surface area contributed by atoms with Gasteiger partial charge in [-0.15, -0.1) is 11.3 Å². The van der Waals surface area contributed by atoms with Crippen molar-refractivity contribution < 1.29 is 9.53 Å². The summed E-state index contributed by atoms with van der Waals surface area (Å²) in [5.41, 5.74) is 0.599. The van der Waals surface area contributed by atoms with E-state index in [0.29, 0.717) is 18.0 Å². The van der Waals surface area contributed by atoms with Crippen LogP contribution in [-0.2, 0) is 6.42 Å². The van der Waals surface area contributed by atoms with E-state index in [1.807, 2.05) is 23.2 Å². The number of thioether (sulfide) groups is 1. The number of pyridine rings is 1. The van der Waals surface area contributed by atoms with Crippen molar-refractivity contribution in [3.05, 3.63) is 46.3 Å². The minimum absolute atomic E-state index is 0.0791. The molecule has 0 radical (unpaired) electrons. The van der Waals surface area contributed by atoms with Crippen LogP contribution >= 0.6 is 23.1 Å². The second-order valence-electron chi connectivity index (χ2n) is 5.07. The smallest absolute Gasteiger partial charge is 0.251 e. The van der Waals surface area contributed by atoms with Crippen LogP contribution in [0.2, 0.25) is 0 Å². The van der Waals surface area contributed by atoms with Gasteiger partial charge < -0.3 is 10.1 Å². The number of hydrogen-bond acceptors (Lipinski definition) is 5. The van der Waals surface area contributed by atoms with Crippen molar-refractivity contribution in [1.29, 1.82) is 0 Å². The van der Waals surface area contributed by atoms with E-state index in [-0.39, 0.29) is 12.0 Å². The lowest BCUT2D eigenvalue weighted by Gasteiger charge is -2.12. The van der Waals surface area contributed by atoms with Crippen LogP contribution in [0.15, 0.2) is 35.8 Å². The Kier molecular flexibility index (Phi) is 5.34. The zero-order chi connectivity index (χ0) is 15.2. The Bertz CT molecular complexity index is 610. The summed E-state index contributed by atoms with van der Waals surface area (Å²) < 4.78 is 5.82. The fourth-order valence-electron chi connectivity index (χ4n) is 2.25. The van der Waals surface area contributed by atoms with Crippen LogP contribution in [0.3, 0.4) is 0 Å². The van der Waals surface area contributed by atoms with E-state index in [4.69, 9.17) is 4.74 Å². The van der Waals surface area contributed by atoms with Crippen LogP contribution in [0.4, 0.5) is 0 Å². The number of carbonyl (C=O) groups is 1. The number of amides is 1. The van der Waals surface area contributed by atoms with Crippen molar-refractivity contribution in [2.24, 2.45) is 0 Å². The summed E-state index contributed by atoms with van der Waals surface area (Å²) in [5.74, 6) is 2.59. The summed E-state index contributed by atoms with van der Waals surface area (Å²) in [4.78, 5) is 17.6. The van der Waals surface area contributed by atoms with Gasteiger partial charge >= 0.3 is 0 Å². The average Bonchev–Trinajstić information content (AvgIpc) is 3.21. The summed E-state index contributed by atoms with van der Waals surface area (Å²) in [6.45, 7) is 0.636. The third kappa shape index (κ3) is 4.24. The Morgan fingerprint density at radius 3 is 3.18 bits per heavy atom. The van der Waals surface area contributed by atoms with Gasteiger partial charge in [0.15, 0.2) is 0 Å². The predicted octanol–water partition coefficient (Wildman–Crippen LogP) is 3.00. The highest BCUT2D eigenvalue weighted by Crippen LogP contribution is 2.22. The van der Waals surface area contributed by atoms with E-state index >= 15 is 0 Å². The monoisotopic (exact) mass is 334 g/mol. The Morgan fingerprint density at radius 2 is 2.41 bits per heavy atom. The van der Waals surface area contributed by atoms with Crippen LogP contribution in [0, 0.1) is 0 Å². The fourth-order valence-corrected chi connectivity index (χ4v) is 4.05. The molecule has 0 bridgehead atoms. The number of hydrogen-bond donors (Lipinski definition) is 1. The molecule has 1 amide bonds. The highest BCUT2D eigenvalue weighted by Gasteiger charge is 2.18. The molecule has 0 unspecified atom stereocenters. The van der Waals surface area contributed by atoms with Crippen molar-refractivity contribution >= 4 is 29.0 Å². The summed E-state index contributed by atoms with van der Waals surface area (Å²) in [6.07, 6.45) is 3.75. The number of nitrogens with one attached hydrogen (secondary N) is 1. The number of aromatic nitrogens is 1. The summed E-state index contributed by atoms with van der Waals surface area (Å²) in [6, 6.07) is 7.55. The van der Waals surface area contributed by atoms with Crippen LogP contribution in [-0.4, -0.2) is 35.0 Å². The molecule has 0 aromatic carbocycles. The largest absolute Gasteiger partial charge is 0.473 e. The molecule has 1 N–H and O–H groups in total. The van der Waals surface area contributed by atoms with E-state index in [1.165, 1.54) is 4.88 Å². The summed E-state index contributed by atoms with van der Waals surface area (Å²) in [5, 5.41) is 4.98. The van der Waals surface area contributed by atoms with Gasteiger partial charge in [-0.25, -0.2) is 4.98 Å². The Morgan fingerprint density at radius 1 is 1.45 bits per heavy atom. The van der Waals surface area contributed by atoms with Crippen LogP contribution in [0.1, 0.15) is 21.7 Å². The van der Waals surface area contributed by atoms with Crippen molar-refractivity contribution in [1.82, 2.24) is 10.3 Å². The Balaban J connectivity index is 1.52. The van der Waals surface area contributed by atoms with Crippen LogP contribution in [0.25, 0.3) is 0 Å². The minimum Gasteiger partial charge on any atom is -0.473 e. The first-order valence-corrected chi connectivity index (χ1v) is 9.36. The highest BCUT2D eigenvalue weighted by atomic mass is 32.2. The van der Waals surface area contributed by atoms with Crippen LogP contribution < -0.4 is 10.1 Å². The van der Waals surface area contributed by atoms with Gasteiger partial charge in [-0.1, -0.05) is 6.07 Å². The van der Waals surface area contributed by atoms with Crippen molar-refractivity contribution in [3.8, 4) is 5.88 Å². The molecule has 6 heteroatoms. The van der Waals surface area contributed by atoms with Gasteiger partial charge in [0, 0.05) is 35.0 Å². The lowest BCUT2D eigenvalue weighted by atomic mass is 10.2. The maximum Gasteiger partial charge on any atom is 0.251 e. The molecule has 2 aromatic heterocycles. The average molecular weight is 334 g/mol. The molecule has 1 atom stereocenters. The van der Waals surface area contributed by atoms with E-state index in [2.05, 4.69) is 16.4 Å². The quantitative estimate of drug-likeness (QED) is 0.882. The maximum atomic E-state index is 12.2. The molecule has 0 aliphatic carbocycles. The molecular weight excluding hydrogens is 316 g/mol. The van der Waals surface area contributed by atoms with E-state index < -0.39 is 0 Å². The maximum absolute atomic E-state index is 12.2. The standard InChI is InChI=1S/C16H18N2O2S2/c19-16(18-7-4-14-2-1-8-22-14)12-3-6-17-15(10-12)20-13-5-9-21-11-13/h1-3,6,8,10,13H,4-5,7,9,11H2,(H,18,19)/t13-/m0/s1. The molecule has 0 spiro atoms. The normalized spacial score (nSPS) is 17.4. The fraction of sp³-hybridized carbons (Fsp3) is 0.375. The number of nitrogens with zero attached hydrogens (tertiary/aromatic N) is 1. The van der Waals surface area contributed by atoms with Gasteiger partial charge in [0.1, 0.15) is 6.10 Å². The molecule has 1 aliphatic rings. The molecule has 3 rings (SSSR count). The molecular formula is C16H18N2O2S2. The van der Waals surface area contributed by atoms with Crippen molar-refractivity contribution in [3.63, 3.8) is 0 Å². The van der Waals surface area contributed by atoms with E-state index in [9.17, 15) is 4.79 Å². The van der Waals surface area contributed by atoms with Gasteiger partial charge in [-0.3, -0.25) is 4.79 Å². The minimum atomic E-state index is -0.0791. The van der Waals surface area contributed by atoms with Gasteiger partial charge in [0.25, 0.3) is 5.91 Å². The number of thiophene rings is 1. The van der Waals surface area contributed by atoms with Crippen LogP contribution in [0.5, 0.6) is 5.88 Å². The molecule has 2 aromatic rings.